The van der Waals surface area contributed by atoms with Crippen molar-refractivity contribution in [3.63, 3.8) is 0 Å². The minimum atomic E-state index is -0.904. The van der Waals surface area contributed by atoms with Gasteiger partial charge in [0.25, 0.3) is 5.91 Å². The van der Waals surface area contributed by atoms with Crippen LogP contribution in [0.2, 0.25) is 0 Å². The highest BCUT2D eigenvalue weighted by Gasteiger charge is 2.62. The average molecular weight is 451 g/mol. The lowest BCUT2D eigenvalue weighted by Crippen LogP contribution is -2.63. The van der Waals surface area contributed by atoms with Gasteiger partial charge in [-0.25, -0.2) is 0 Å². The van der Waals surface area contributed by atoms with Gasteiger partial charge < -0.3 is 14.9 Å². The highest BCUT2D eigenvalue weighted by Crippen LogP contribution is 2.54. The number of rotatable bonds is 5. The Hall–Kier alpha value is -3.16. The van der Waals surface area contributed by atoms with Gasteiger partial charge in [0.2, 0.25) is 5.91 Å². The molecule has 3 fully saturated rings. The summed E-state index contributed by atoms with van der Waals surface area (Å²) in [5, 5.41) is 14.2. The Bertz CT molecular complexity index is 1110. The number of nitrogens with zero attached hydrogens (tertiary/aromatic N) is 4. The average Bonchev–Trinajstić information content (AvgIpc) is 3.11. The summed E-state index contributed by atoms with van der Waals surface area (Å²) in [5.41, 5.74) is 2.21. The zero-order valence-corrected chi connectivity index (χ0v) is 19.3. The first kappa shape index (κ1) is 21.7. The van der Waals surface area contributed by atoms with Crippen LogP contribution < -0.4 is 0 Å². The molecule has 1 aliphatic carbocycles. The lowest BCUT2D eigenvalue weighted by molar-refractivity contribution is -0.158. The topological polar surface area (TPSA) is 95.7 Å². The molecule has 2 atom stereocenters. The largest absolute Gasteiger partial charge is 0.481 e. The Morgan fingerprint density at radius 3 is 2.30 bits per heavy atom. The fourth-order valence-electron chi connectivity index (χ4n) is 5.39. The molecule has 1 N–H and O–H groups in total. The molecule has 3 heterocycles. The van der Waals surface area contributed by atoms with E-state index in [0.29, 0.717) is 31.7 Å². The van der Waals surface area contributed by atoms with Crippen molar-refractivity contribution in [2.75, 3.05) is 26.2 Å². The van der Waals surface area contributed by atoms with E-state index >= 15 is 0 Å². The molecule has 33 heavy (non-hydrogen) atoms. The summed E-state index contributed by atoms with van der Waals surface area (Å²) in [6.45, 7) is 8.09. The number of amides is 2. The molecular formula is C25H30N4O4. The molecule has 2 aromatic rings. The van der Waals surface area contributed by atoms with Gasteiger partial charge in [-0.15, -0.1) is 0 Å². The van der Waals surface area contributed by atoms with Crippen LogP contribution in [0.5, 0.6) is 0 Å². The van der Waals surface area contributed by atoms with E-state index in [1.165, 1.54) is 5.56 Å². The first-order valence-corrected chi connectivity index (χ1v) is 11.5. The van der Waals surface area contributed by atoms with Crippen molar-refractivity contribution in [1.82, 2.24) is 19.6 Å². The fourth-order valence-corrected chi connectivity index (χ4v) is 5.39. The molecule has 174 valence electrons. The molecule has 1 unspecified atom stereocenters. The van der Waals surface area contributed by atoms with Gasteiger partial charge in [0.05, 0.1) is 24.2 Å². The van der Waals surface area contributed by atoms with Crippen molar-refractivity contribution in [1.29, 1.82) is 0 Å². The van der Waals surface area contributed by atoms with Crippen LogP contribution in [0.15, 0.2) is 36.7 Å². The van der Waals surface area contributed by atoms with E-state index in [9.17, 15) is 19.5 Å². The fraction of sp³-hybridized carbons (Fsp3) is 0.520. The number of hydrogen-bond donors (Lipinski definition) is 1. The van der Waals surface area contributed by atoms with E-state index < -0.39 is 17.3 Å². The predicted molar refractivity (Wildman–Crippen MR) is 120 cm³/mol. The van der Waals surface area contributed by atoms with E-state index in [4.69, 9.17) is 0 Å². The number of carbonyl (C=O) groups is 3. The molecule has 2 saturated heterocycles. The number of likely N-dealkylation sites (tertiary alicyclic amines) is 2. The number of aromatic nitrogens is 2. The van der Waals surface area contributed by atoms with Crippen LogP contribution >= 0.6 is 0 Å². The van der Waals surface area contributed by atoms with Crippen LogP contribution in [0, 0.1) is 29.6 Å². The van der Waals surface area contributed by atoms with Gasteiger partial charge in [-0.3, -0.25) is 19.1 Å². The van der Waals surface area contributed by atoms with E-state index in [2.05, 4.69) is 18.9 Å². The van der Waals surface area contributed by atoms with Crippen LogP contribution in [0.4, 0.5) is 0 Å². The summed E-state index contributed by atoms with van der Waals surface area (Å²) in [5.74, 6) is -1.62. The number of carboxylic acids is 1. The summed E-state index contributed by atoms with van der Waals surface area (Å²) in [6, 6.07) is 8.15. The zero-order valence-electron chi connectivity index (χ0n) is 19.3. The molecule has 3 aliphatic rings. The number of carbonyl (C=O) groups excluding carboxylic acids is 2. The van der Waals surface area contributed by atoms with Crippen LogP contribution in [-0.2, 0) is 16.1 Å². The summed E-state index contributed by atoms with van der Waals surface area (Å²) in [7, 11) is 0. The Morgan fingerprint density at radius 2 is 1.70 bits per heavy atom. The standard InChI is InChI=1S/C25H30N4O4/c1-16-4-6-17(7-5-16)10-29-11-18(9-26-29)21(30)27-12-20(23(32)33)25(13-27)14-28(15-25)22(31)19-8-24(19,2)3/h4-7,9,11,19-20H,8,10,12-15H2,1-3H3,(H,32,33)/t19-,20?/m1/s1. The normalized spacial score (nSPS) is 24.6. The van der Waals surface area contributed by atoms with Gasteiger partial charge in [0.1, 0.15) is 0 Å². The van der Waals surface area contributed by atoms with Crippen LogP contribution in [0.25, 0.3) is 0 Å². The molecule has 1 saturated carbocycles. The smallest absolute Gasteiger partial charge is 0.309 e. The van der Waals surface area contributed by atoms with Gasteiger partial charge in [-0.2, -0.15) is 5.10 Å². The van der Waals surface area contributed by atoms with Gasteiger partial charge in [0.15, 0.2) is 0 Å². The quantitative estimate of drug-likeness (QED) is 0.754. The molecular weight excluding hydrogens is 420 g/mol. The molecule has 5 rings (SSSR count). The lowest BCUT2D eigenvalue weighted by Gasteiger charge is -2.50. The third kappa shape index (κ3) is 3.81. The van der Waals surface area contributed by atoms with E-state index in [-0.39, 0.29) is 29.7 Å². The maximum atomic E-state index is 13.2. The zero-order chi connectivity index (χ0) is 23.5. The van der Waals surface area contributed by atoms with Crippen molar-refractivity contribution in [2.24, 2.45) is 22.7 Å². The minimum Gasteiger partial charge on any atom is -0.481 e. The van der Waals surface area contributed by atoms with Crippen molar-refractivity contribution in [2.45, 2.75) is 33.7 Å². The highest BCUT2D eigenvalue weighted by molar-refractivity contribution is 5.94. The summed E-state index contributed by atoms with van der Waals surface area (Å²) in [4.78, 5) is 41.3. The Balaban J connectivity index is 1.25. The number of aryl methyl sites for hydroxylation is 1. The van der Waals surface area contributed by atoms with E-state index in [0.717, 1.165) is 12.0 Å². The third-order valence-corrected chi connectivity index (χ3v) is 7.71. The van der Waals surface area contributed by atoms with E-state index in [1.54, 1.807) is 26.9 Å². The number of aliphatic carboxylic acids is 1. The molecule has 1 aromatic carbocycles. The molecule has 0 radical (unpaired) electrons. The second-order valence-corrected chi connectivity index (χ2v) is 10.8. The second-order valence-electron chi connectivity index (χ2n) is 10.8. The number of benzene rings is 1. The number of carboxylic acid groups (broad SMARTS) is 1. The Morgan fingerprint density at radius 1 is 1.06 bits per heavy atom. The van der Waals surface area contributed by atoms with Gasteiger partial charge in [-0.05, 0) is 24.3 Å². The van der Waals surface area contributed by atoms with Crippen molar-refractivity contribution >= 4 is 17.8 Å². The summed E-state index contributed by atoms with van der Waals surface area (Å²) in [6.07, 6.45) is 4.15. The summed E-state index contributed by atoms with van der Waals surface area (Å²) >= 11 is 0. The second kappa shape index (κ2) is 7.43. The SMILES string of the molecule is Cc1ccc(Cn2cc(C(=O)N3CC(C(=O)O)C4(C3)CN(C(=O)[C@H]3CC3(C)C)C4)cn2)cc1. The Kier molecular flexibility index (Phi) is 4.88. The van der Waals surface area contributed by atoms with Crippen molar-refractivity contribution in [3.8, 4) is 0 Å². The number of hydrogen-bond acceptors (Lipinski definition) is 4. The molecule has 8 nitrogen and oxygen atoms in total. The molecule has 0 bridgehead atoms. The van der Waals surface area contributed by atoms with Crippen LogP contribution in [0.1, 0.15) is 41.8 Å². The molecule has 2 aliphatic heterocycles. The van der Waals surface area contributed by atoms with Crippen molar-refractivity contribution < 1.29 is 19.5 Å². The Labute approximate surface area is 193 Å². The van der Waals surface area contributed by atoms with Gasteiger partial charge >= 0.3 is 5.97 Å². The molecule has 1 aromatic heterocycles. The predicted octanol–water partition coefficient (Wildman–Crippen LogP) is 2.27. The first-order chi connectivity index (χ1) is 15.6. The minimum absolute atomic E-state index is 0.0386. The van der Waals surface area contributed by atoms with Gasteiger partial charge in [-0.1, -0.05) is 43.7 Å². The van der Waals surface area contributed by atoms with Crippen LogP contribution in [-0.4, -0.2) is 68.6 Å². The van der Waals surface area contributed by atoms with Crippen molar-refractivity contribution in [3.05, 3.63) is 53.3 Å². The molecule has 8 heteroatoms. The summed E-state index contributed by atoms with van der Waals surface area (Å²) < 4.78 is 1.72. The maximum Gasteiger partial charge on any atom is 0.309 e. The van der Waals surface area contributed by atoms with Gasteiger partial charge in [0, 0.05) is 43.7 Å². The highest BCUT2D eigenvalue weighted by atomic mass is 16.4. The molecule has 2 amide bonds. The van der Waals surface area contributed by atoms with E-state index in [1.807, 2.05) is 31.2 Å². The first-order valence-electron chi connectivity index (χ1n) is 11.5. The lowest BCUT2D eigenvalue weighted by atomic mass is 9.71. The van der Waals surface area contributed by atoms with Crippen LogP contribution in [0.3, 0.4) is 0 Å². The monoisotopic (exact) mass is 450 g/mol. The maximum absolute atomic E-state index is 13.2. The molecule has 1 spiro atoms. The third-order valence-electron chi connectivity index (χ3n) is 7.71.